The smallest absolute Gasteiger partial charge is 0.00620 e. The molecule has 0 aromatic heterocycles. The van der Waals surface area contributed by atoms with Crippen LogP contribution in [0.4, 0.5) is 0 Å². The lowest BCUT2D eigenvalue weighted by Gasteiger charge is -2.41. The SMILES string of the molecule is CC1=CCC(C2(C)CCCC2(C)C)=CC1. The van der Waals surface area contributed by atoms with Gasteiger partial charge in [0.25, 0.3) is 0 Å². The largest absolute Gasteiger partial charge is 0.0812 e. The van der Waals surface area contributed by atoms with Gasteiger partial charge < -0.3 is 0 Å². The van der Waals surface area contributed by atoms with Gasteiger partial charge in [0.1, 0.15) is 0 Å². The quantitative estimate of drug-likeness (QED) is 0.535. The highest BCUT2D eigenvalue weighted by atomic mass is 14.5. The Morgan fingerprint density at radius 1 is 1.00 bits per heavy atom. The Balaban J connectivity index is 2.24. The Morgan fingerprint density at radius 3 is 2.20 bits per heavy atom. The number of hydrogen-bond donors (Lipinski definition) is 0. The molecule has 0 heterocycles. The second kappa shape index (κ2) is 3.50. The van der Waals surface area contributed by atoms with Crippen LogP contribution in [0.15, 0.2) is 23.3 Å². The minimum Gasteiger partial charge on any atom is -0.0812 e. The van der Waals surface area contributed by atoms with Crippen molar-refractivity contribution >= 4 is 0 Å². The van der Waals surface area contributed by atoms with Gasteiger partial charge in [-0.2, -0.15) is 0 Å². The van der Waals surface area contributed by atoms with Gasteiger partial charge in [-0.15, -0.1) is 0 Å². The zero-order valence-electron chi connectivity index (χ0n) is 10.7. The molecule has 1 atom stereocenters. The summed E-state index contributed by atoms with van der Waals surface area (Å²) in [5.41, 5.74) is 4.20. The van der Waals surface area contributed by atoms with Crippen LogP contribution < -0.4 is 0 Å². The lowest BCUT2D eigenvalue weighted by Crippen LogP contribution is -2.32. The highest BCUT2D eigenvalue weighted by Crippen LogP contribution is 2.57. The van der Waals surface area contributed by atoms with Crippen molar-refractivity contribution < 1.29 is 0 Å². The minimum atomic E-state index is 0.462. The van der Waals surface area contributed by atoms with E-state index in [4.69, 9.17) is 0 Å². The topological polar surface area (TPSA) is 0 Å². The number of allylic oxidation sites excluding steroid dienone is 4. The average Bonchev–Trinajstić information content (AvgIpc) is 2.43. The highest BCUT2D eigenvalue weighted by Gasteiger charge is 2.46. The zero-order chi connectivity index (χ0) is 11.1. The monoisotopic (exact) mass is 204 g/mol. The fourth-order valence-corrected chi connectivity index (χ4v) is 3.28. The maximum Gasteiger partial charge on any atom is -0.00620 e. The summed E-state index contributed by atoms with van der Waals surface area (Å²) >= 11 is 0. The van der Waals surface area contributed by atoms with Crippen LogP contribution in [0.25, 0.3) is 0 Å². The molecule has 1 fully saturated rings. The van der Waals surface area contributed by atoms with E-state index in [-0.39, 0.29) is 0 Å². The average molecular weight is 204 g/mol. The molecule has 15 heavy (non-hydrogen) atoms. The maximum absolute atomic E-state index is 2.50. The molecule has 0 saturated heterocycles. The molecular formula is C15H24. The van der Waals surface area contributed by atoms with E-state index < -0.39 is 0 Å². The van der Waals surface area contributed by atoms with Crippen LogP contribution in [-0.4, -0.2) is 0 Å². The van der Waals surface area contributed by atoms with Crippen LogP contribution >= 0.6 is 0 Å². The number of rotatable bonds is 1. The Kier molecular flexibility index (Phi) is 2.56. The third-order valence-corrected chi connectivity index (χ3v) is 5.02. The van der Waals surface area contributed by atoms with Crippen LogP contribution in [0.5, 0.6) is 0 Å². The van der Waals surface area contributed by atoms with Crippen LogP contribution in [0.3, 0.4) is 0 Å². The van der Waals surface area contributed by atoms with E-state index >= 15 is 0 Å². The van der Waals surface area contributed by atoms with Crippen molar-refractivity contribution in [2.45, 2.75) is 59.8 Å². The van der Waals surface area contributed by atoms with Gasteiger partial charge in [-0.1, -0.05) is 50.5 Å². The Hall–Kier alpha value is -0.520. The molecule has 0 heteroatoms. The van der Waals surface area contributed by atoms with Crippen LogP contribution in [0.2, 0.25) is 0 Å². The predicted octanol–water partition coefficient (Wildman–Crippen LogP) is 4.87. The van der Waals surface area contributed by atoms with Gasteiger partial charge in [0.2, 0.25) is 0 Å². The van der Waals surface area contributed by atoms with Gasteiger partial charge >= 0.3 is 0 Å². The Morgan fingerprint density at radius 2 is 1.73 bits per heavy atom. The fraction of sp³-hybridized carbons (Fsp3) is 0.733. The molecule has 2 rings (SSSR count). The van der Waals surface area contributed by atoms with Crippen LogP contribution in [-0.2, 0) is 0 Å². The van der Waals surface area contributed by atoms with Crippen molar-refractivity contribution in [2.75, 3.05) is 0 Å². The normalized spacial score (nSPS) is 34.9. The maximum atomic E-state index is 2.50. The molecule has 0 aliphatic heterocycles. The minimum absolute atomic E-state index is 0.462. The van der Waals surface area contributed by atoms with Gasteiger partial charge in [0, 0.05) is 0 Å². The molecule has 1 saturated carbocycles. The van der Waals surface area contributed by atoms with Gasteiger partial charge in [-0.3, -0.25) is 0 Å². The van der Waals surface area contributed by atoms with Crippen LogP contribution in [0, 0.1) is 10.8 Å². The molecule has 2 aliphatic rings. The van der Waals surface area contributed by atoms with Crippen molar-refractivity contribution in [3.8, 4) is 0 Å². The summed E-state index contributed by atoms with van der Waals surface area (Å²) in [6.45, 7) is 9.63. The number of hydrogen-bond acceptors (Lipinski definition) is 0. The Bertz CT molecular complexity index is 317. The van der Waals surface area contributed by atoms with E-state index in [1.165, 1.54) is 37.7 Å². The van der Waals surface area contributed by atoms with E-state index in [2.05, 4.69) is 39.8 Å². The Labute approximate surface area is 94.5 Å². The first kappa shape index (κ1) is 11.0. The second-order valence-corrected chi connectivity index (χ2v) is 6.26. The van der Waals surface area contributed by atoms with E-state index in [0.29, 0.717) is 10.8 Å². The molecule has 0 aromatic carbocycles. The molecule has 0 nitrogen and oxygen atoms in total. The molecule has 0 spiro atoms. The van der Waals surface area contributed by atoms with Gasteiger partial charge in [0.15, 0.2) is 0 Å². The molecule has 2 aliphatic carbocycles. The highest BCUT2D eigenvalue weighted by molar-refractivity contribution is 5.28. The van der Waals surface area contributed by atoms with Gasteiger partial charge in [-0.25, -0.2) is 0 Å². The first-order valence-electron chi connectivity index (χ1n) is 6.31. The molecule has 0 radical (unpaired) electrons. The summed E-state index contributed by atoms with van der Waals surface area (Å²) in [7, 11) is 0. The summed E-state index contributed by atoms with van der Waals surface area (Å²) in [4.78, 5) is 0. The van der Waals surface area contributed by atoms with E-state index in [9.17, 15) is 0 Å². The summed E-state index contributed by atoms with van der Waals surface area (Å²) in [6.07, 6.45) is 11.5. The molecular weight excluding hydrogens is 180 g/mol. The standard InChI is InChI=1S/C15H24/c1-12-6-8-13(9-7-12)15(4)11-5-10-14(15,2)3/h6,9H,5,7-8,10-11H2,1-4H3. The first-order valence-corrected chi connectivity index (χ1v) is 6.31. The van der Waals surface area contributed by atoms with E-state index in [0.717, 1.165) is 0 Å². The van der Waals surface area contributed by atoms with Crippen molar-refractivity contribution in [2.24, 2.45) is 10.8 Å². The molecule has 0 bridgehead atoms. The van der Waals surface area contributed by atoms with Crippen molar-refractivity contribution in [1.82, 2.24) is 0 Å². The van der Waals surface area contributed by atoms with Crippen LogP contribution in [0.1, 0.15) is 59.8 Å². The van der Waals surface area contributed by atoms with E-state index in [1.807, 2.05) is 0 Å². The molecule has 1 unspecified atom stereocenters. The lowest BCUT2D eigenvalue weighted by molar-refractivity contribution is 0.173. The second-order valence-electron chi connectivity index (χ2n) is 6.26. The summed E-state index contributed by atoms with van der Waals surface area (Å²) in [5, 5.41) is 0. The fourth-order valence-electron chi connectivity index (χ4n) is 3.28. The summed E-state index contributed by atoms with van der Waals surface area (Å²) in [6, 6.07) is 0. The summed E-state index contributed by atoms with van der Waals surface area (Å²) < 4.78 is 0. The van der Waals surface area contributed by atoms with Crippen molar-refractivity contribution in [1.29, 1.82) is 0 Å². The van der Waals surface area contributed by atoms with Crippen molar-refractivity contribution in [3.63, 3.8) is 0 Å². The molecule has 84 valence electrons. The van der Waals surface area contributed by atoms with Gasteiger partial charge in [-0.05, 0) is 43.4 Å². The van der Waals surface area contributed by atoms with Crippen molar-refractivity contribution in [3.05, 3.63) is 23.3 Å². The molecule has 0 aromatic rings. The third-order valence-electron chi connectivity index (χ3n) is 5.02. The summed E-state index contributed by atoms with van der Waals surface area (Å²) in [5.74, 6) is 0. The first-order chi connectivity index (χ1) is 6.96. The third kappa shape index (κ3) is 1.68. The molecule has 0 amide bonds. The van der Waals surface area contributed by atoms with Gasteiger partial charge in [0.05, 0.1) is 0 Å². The molecule has 0 N–H and O–H groups in total. The lowest BCUT2D eigenvalue weighted by atomic mass is 9.63. The van der Waals surface area contributed by atoms with E-state index in [1.54, 1.807) is 5.57 Å². The predicted molar refractivity (Wildman–Crippen MR) is 66.8 cm³/mol. The zero-order valence-corrected chi connectivity index (χ0v) is 10.7.